The van der Waals surface area contributed by atoms with Crippen LogP contribution >= 0.6 is 11.6 Å². The Labute approximate surface area is 133 Å². The minimum Gasteiger partial charge on any atom is -0.335 e. The Morgan fingerprint density at radius 2 is 2.00 bits per heavy atom. The number of hydrogen-bond donors (Lipinski definition) is 0. The maximum atomic E-state index is 14.0. The third-order valence-electron chi connectivity index (χ3n) is 4.77. The van der Waals surface area contributed by atoms with Crippen LogP contribution in [0.2, 0.25) is 5.02 Å². The van der Waals surface area contributed by atoms with E-state index in [1.165, 1.54) is 0 Å². The standard InChI is InChI=1S/C16H19ClF2N2O/c1-20-6-4-15-10(9-20)3-2-5-21(15)16(22)11-7-14(19)12(17)8-13(11)18/h7-8,10,15H,2-6,9H2,1H3. The van der Waals surface area contributed by atoms with Crippen molar-refractivity contribution in [3.05, 3.63) is 34.4 Å². The minimum absolute atomic E-state index is 0.121. The second-order valence-corrected chi connectivity index (χ2v) is 6.67. The summed E-state index contributed by atoms with van der Waals surface area (Å²) in [7, 11) is 2.07. The molecule has 2 unspecified atom stereocenters. The zero-order valence-corrected chi connectivity index (χ0v) is 13.2. The molecule has 1 aromatic carbocycles. The first-order valence-electron chi connectivity index (χ1n) is 7.61. The first-order valence-corrected chi connectivity index (χ1v) is 7.99. The van der Waals surface area contributed by atoms with Crippen molar-refractivity contribution in [1.82, 2.24) is 9.80 Å². The van der Waals surface area contributed by atoms with Crippen LogP contribution in [0.3, 0.4) is 0 Å². The molecule has 3 rings (SSSR count). The third kappa shape index (κ3) is 2.84. The number of carbonyl (C=O) groups excluding carboxylic acids is 1. The number of benzene rings is 1. The molecule has 0 aromatic heterocycles. The van der Waals surface area contributed by atoms with Gasteiger partial charge < -0.3 is 9.80 Å². The lowest BCUT2D eigenvalue weighted by atomic mass is 9.83. The smallest absolute Gasteiger partial charge is 0.257 e. The van der Waals surface area contributed by atoms with Gasteiger partial charge >= 0.3 is 0 Å². The molecule has 1 aromatic rings. The second kappa shape index (κ2) is 6.13. The van der Waals surface area contributed by atoms with Gasteiger partial charge in [-0.15, -0.1) is 0 Å². The summed E-state index contributed by atoms with van der Waals surface area (Å²) in [6.07, 6.45) is 2.86. The van der Waals surface area contributed by atoms with Gasteiger partial charge in [0.2, 0.25) is 0 Å². The van der Waals surface area contributed by atoms with Crippen molar-refractivity contribution < 1.29 is 13.6 Å². The van der Waals surface area contributed by atoms with Gasteiger partial charge in [-0.3, -0.25) is 4.79 Å². The predicted octanol–water partition coefficient (Wildman–Crippen LogP) is 3.17. The molecule has 1 amide bonds. The van der Waals surface area contributed by atoms with E-state index in [1.807, 2.05) is 0 Å². The van der Waals surface area contributed by atoms with Crippen LogP contribution < -0.4 is 0 Å². The summed E-state index contributed by atoms with van der Waals surface area (Å²) in [5, 5.41) is -0.301. The molecule has 0 aliphatic carbocycles. The highest BCUT2D eigenvalue weighted by Gasteiger charge is 2.38. The highest BCUT2D eigenvalue weighted by molar-refractivity contribution is 6.30. The number of rotatable bonds is 1. The number of likely N-dealkylation sites (tertiary alicyclic amines) is 2. The van der Waals surface area contributed by atoms with Crippen LogP contribution in [0, 0.1) is 17.6 Å². The molecule has 120 valence electrons. The SMILES string of the molecule is CN1CCC2C(CCCN2C(=O)c2cc(F)c(Cl)cc2F)C1. The Morgan fingerprint density at radius 3 is 2.77 bits per heavy atom. The first kappa shape index (κ1) is 15.7. The Balaban J connectivity index is 1.86. The van der Waals surface area contributed by atoms with Gasteiger partial charge in [-0.25, -0.2) is 8.78 Å². The van der Waals surface area contributed by atoms with Crippen LogP contribution in [-0.2, 0) is 0 Å². The van der Waals surface area contributed by atoms with Crippen LogP contribution in [0.25, 0.3) is 0 Å². The zero-order valence-electron chi connectivity index (χ0n) is 12.5. The van der Waals surface area contributed by atoms with Crippen molar-refractivity contribution in [3.63, 3.8) is 0 Å². The second-order valence-electron chi connectivity index (χ2n) is 6.27. The largest absolute Gasteiger partial charge is 0.335 e. The molecule has 6 heteroatoms. The number of piperidine rings is 2. The van der Waals surface area contributed by atoms with Crippen molar-refractivity contribution in [2.75, 3.05) is 26.7 Å². The minimum atomic E-state index is -0.761. The number of fused-ring (bicyclic) bond motifs is 1. The van der Waals surface area contributed by atoms with Gasteiger partial charge in [0.15, 0.2) is 0 Å². The van der Waals surface area contributed by atoms with Gasteiger partial charge in [0.05, 0.1) is 10.6 Å². The fraction of sp³-hybridized carbons (Fsp3) is 0.562. The molecular weight excluding hydrogens is 310 g/mol. The van der Waals surface area contributed by atoms with Gasteiger partial charge in [0.1, 0.15) is 11.6 Å². The van der Waals surface area contributed by atoms with Crippen LogP contribution in [-0.4, -0.2) is 48.4 Å². The number of carbonyl (C=O) groups is 1. The fourth-order valence-electron chi connectivity index (χ4n) is 3.68. The fourth-order valence-corrected chi connectivity index (χ4v) is 3.83. The summed E-state index contributed by atoms with van der Waals surface area (Å²) in [5.41, 5.74) is -0.221. The van der Waals surface area contributed by atoms with Crippen LogP contribution in [0.5, 0.6) is 0 Å². The lowest BCUT2D eigenvalue weighted by Crippen LogP contribution is -2.55. The summed E-state index contributed by atoms with van der Waals surface area (Å²) in [5.74, 6) is -1.53. The molecule has 2 aliphatic rings. The topological polar surface area (TPSA) is 23.6 Å². The maximum absolute atomic E-state index is 14.0. The predicted molar refractivity (Wildman–Crippen MR) is 81.0 cm³/mol. The van der Waals surface area contributed by atoms with Crippen molar-refractivity contribution in [2.45, 2.75) is 25.3 Å². The Bertz CT molecular complexity index is 596. The van der Waals surface area contributed by atoms with E-state index >= 15 is 0 Å². The summed E-state index contributed by atoms with van der Waals surface area (Å²) < 4.78 is 27.6. The van der Waals surface area contributed by atoms with Gasteiger partial charge in [0.25, 0.3) is 5.91 Å². The quantitative estimate of drug-likeness (QED) is 0.739. The van der Waals surface area contributed by atoms with E-state index in [4.69, 9.17) is 11.6 Å². The van der Waals surface area contributed by atoms with Crippen molar-refractivity contribution in [3.8, 4) is 0 Å². The van der Waals surface area contributed by atoms with Gasteiger partial charge in [-0.2, -0.15) is 0 Å². The first-order chi connectivity index (χ1) is 10.5. The Kier molecular flexibility index (Phi) is 4.37. The molecule has 2 atom stereocenters. The normalized spacial score (nSPS) is 25.9. The van der Waals surface area contributed by atoms with Gasteiger partial charge in [-0.1, -0.05) is 11.6 Å². The lowest BCUT2D eigenvalue weighted by Gasteiger charge is -2.46. The van der Waals surface area contributed by atoms with E-state index < -0.39 is 17.5 Å². The van der Waals surface area contributed by atoms with E-state index in [2.05, 4.69) is 11.9 Å². The summed E-state index contributed by atoms with van der Waals surface area (Å²) in [4.78, 5) is 16.7. The highest BCUT2D eigenvalue weighted by atomic mass is 35.5. The maximum Gasteiger partial charge on any atom is 0.257 e. The van der Waals surface area contributed by atoms with E-state index in [-0.39, 0.29) is 16.6 Å². The van der Waals surface area contributed by atoms with E-state index in [0.717, 1.165) is 44.5 Å². The van der Waals surface area contributed by atoms with Gasteiger partial charge in [-0.05, 0) is 50.9 Å². The number of nitrogens with zero attached hydrogens (tertiary/aromatic N) is 2. The van der Waals surface area contributed by atoms with Crippen molar-refractivity contribution >= 4 is 17.5 Å². The molecule has 2 fully saturated rings. The molecule has 2 aliphatic heterocycles. The molecule has 22 heavy (non-hydrogen) atoms. The van der Waals surface area contributed by atoms with Crippen LogP contribution in [0.4, 0.5) is 8.78 Å². The van der Waals surface area contributed by atoms with E-state index in [1.54, 1.807) is 4.90 Å². The van der Waals surface area contributed by atoms with E-state index in [9.17, 15) is 13.6 Å². The molecule has 3 nitrogen and oxygen atoms in total. The third-order valence-corrected chi connectivity index (χ3v) is 5.06. The van der Waals surface area contributed by atoms with E-state index in [0.29, 0.717) is 12.5 Å². The average molecular weight is 329 g/mol. The average Bonchev–Trinajstić information content (AvgIpc) is 2.49. The molecule has 0 radical (unpaired) electrons. The molecule has 2 heterocycles. The van der Waals surface area contributed by atoms with Crippen molar-refractivity contribution in [2.24, 2.45) is 5.92 Å². The summed E-state index contributed by atoms with van der Waals surface area (Å²) in [6.45, 7) is 2.47. The Morgan fingerprint density at radius 1 is 1.23 bits per heavy atom. The molecule has 0 spiro atoms. The van der Waals surface area contributed by atoms with Crippen LogP contribution in [0.15, 0.2) is 12.1 Å². The Hall–Kier alpha value is -1.20. The zero-order chi connectivity index (χ0) is 15.9. The molecule has 0 saturated carbocycles. The lowest BCUT2D eigenvalue weighted by molar-refractivity contribution is 0.0250. The number of halogens is 3. The number of hydrogen-bond acceptors (Lipinski definition) is 2. The van der Waals surface area contributed by atoms with Crippen LogP contribution in [0.1, 0.15) is 29.6 Å². The molecule has 2 saturated heterocycles. The van der Waals surface area contributed by atoms with Crippen molar-refractivity contribution in [1.29, 1.82) is 0 Å². The molecule has 0 bridgehead atoms. The summed E-state index contributed by atoms with van der Waals surface area (Å²) in [6, 6.07) is 1.91. The molecule has 0 N–H and O–H groups in total. The monoisotopic (exact) mass is 328 g/mol. The highest BCUT2D eigenvalue weighted by Crippen LogP contribution is 2.32. The molecular formula is C16H19ClF2N2O. The number of amides is 1. The summed E-state index contributed by atoms with van der Waals surface area (Å²) >= 11 is 5.56. The van der Waals surface area contributed by atoms with Gasteiger partial charge in [0, 0.05) is 19.1 Å².